The molecule has 3 nitrogen and oxygen atoms in total. The summed E-state index contributed by atoms with van der Waals surface area (Å²) in [6.07, 6.45) is 3.85. The normalized spacial score (nSPS) is 19.4. The molecule has 1 aliphatic rings. The molecule has 1 aromatic rings. The van der Waals surface area contributed by atoms with Crippen LogP contribution in [0.3, 0.4) is 0 Å². The van der Waals surface area contributed by atoms with Gasteiger partial charge in [0.2, 0.25) is 0 Å². The maximum absolute atomic E-state index is 13.7. The third kappa shape index (κ3) is 4.61. The minimum atomic E-state index is -3.02. The van der Waals surface area contributed by atoms with Crippen LogP contribution in [0.15, 0.2) is 18.2 Å². The van der Waals surface area contributed by atoms with Gasteiger partial charge in [0, 0.05) is 19.2 Å². The number of nitrogens with zero attached hydrogens (tertiary/aromatic N) is 1. The molecular weight excluding hydrogens is 283 g/mol. The lowest BCUT2D eigenvalue weighted by molar-refractivity contribution is -0.0522. The summed E-state index contributed by atoms with van der Waals surface area (Å²) in [7, 11) is 0. The van der Waals surface area contributed by atoms with Crippen molar-refractivity contribution < 1.29 is 23.0 Å². The molecular formula is C15H20F3NO2. The van der Waals surface area contributed by atoms with Crippen LogP contribution < -0.4 is 4.74 Å². The monoisotopic (exact) mass is 303 g/mol. The smallest absolute Gasteiger partial charge is 0.387 e. The van der Waals surface area contributed by atoms with Gasteiger partial charge in [-0.1, -0.05) is 6.07 Å². The van der Waals surface area contributed by atoms with E-state index in [1.165, 1.54) is 12.1 Å². The van der Waals surface area contributed by atoms with Gasteiger partial charge in [-0.25, -0.2) is 4.39 Å². The number of hydrogen-bond acceptors (Lipinski definition) is 3. The fourth-order valence-corrected chi connectivity index (χ4v) is 2.83. The van der Waals surface area contributed by atoms with Crippen molar-refractivity contribution in [1.29, 1.82) is 0 Å². The van der Waals surface area contributed by atoms with Gasteiger partial charge >= 0.3 is 6.61 Å². The molecule has 118 valence electrons. The van der Waals surface area contributed by atoms with Gasteiger partial charge in [0.05, 0.1) is 0 Å². The Morgan fingerprint density at radius 2 is 2.19 bits per heavy atom. The highest BCUT2D eigenvalue weighted by Gasteiger charge is 2.24. The first-order valence-corrected chi connectivity index (χ1v) is 7.18. The molecule has 0 aliphatic carbocycles. The van der Waals surface area contributed by atoms with Crippen LogP contribution in [-0.2, 0) is 6.54 Å². The molecule has 0 radical (unpaired) electrons. The third-order valence-electron chi connectivity index (χ3n) is 3.79. The van der Waals surface area contributed by atoms with Gasteiger partial charge in [0.1, 0.15) is 0 Å². The molecule has 0 spiro atoms. The van der Waals surface area contributed by atoms with Crippen LogP contribution in [0.2, 0.25) is 0 Å². The Morgan fingerprint density at radius 3 is 2.86 bits per heavy atom. The maximum Gasteiger partial charge on any atom is 0.387 e. The Morgan fingerprint density at radius 1 is 1.38 bits per heavy atom. The number of benzene rings is 1. The van der Waals surface area contributed by atoms with Crippen LogP contribution in [-0.4, -0.2) is 35.8 Å². The van der Waals surface area contributed by atoms with Gasteiger partial charge in [-0.2, -0.15) is 8.78 Å². The van der Waals surface area contributed by atoms with Crippen LogP contribution >= 0.6 is 0 Å². The summed E-state index contributed by atoms with van der Waals surface area (Å²) in [5.41, 5.74) is 0.741. The number of aliphatic hydroxyl groups excluding tert-OH is 1. The number of aliphatic hydroxyl groups is 1. The molecule has 0 aromatic heterocycles. The topological polar surface area (TPSA) is 32.7 Å². The summed E-state index contributed by atoms with van der Waals surface area (Å²) in [6, 6.07) is 4.51. The number of rotatable bonds is 7. The zero-order valence-electron chi connectivity index (χ0n) is 11.8. The molecule has 1 fully saturated rings. The fraction of sp³-hybridized carbons (Fsp3) is 0.600. The van der Waals surface area contributed by atoms with E-state index in [1.54, 1.807) is 6.07 Å². The average Bonchev–Trinajstić information content (AvgIpc) is 2.86. The van der Waals surface area contributed by atoms with E-state index in [9.17, 15) is 13.2 Å². The summed E-state index contributed by atoms with van der Waals surface area (Å²) in [5, 5.41) is 8.90. The van der Waals surface area contributed by atoms with E-state index in [0.717, 1.165) is 37.8 Å². The van der Waals surface area contributed by atoms with Crippen LogP contribution in [0.1, 0.15) is 31.2 Å². The van der Waals surface area contributed by atoms with Crippen LogP contribution in [0, 0.1) is 5.82 Å². The highest BCUT2D eigenvalue weighted by atomic mass is 19.3. The molecule has 0 bridgehead atoms. The molecule has 1 unspecified atom stereocenters. The highest BCUT2D eigenvalue weighted by Crippen LogP contribution is 2.26. The Labute approximate surface area is 122 Å². The Bertz CT molecular complexity index is 457. The molecule has 1 saturated heterocycles. The molecule has 1 atom stereocenters. The van der Waals surface area contributed by atoms with Gasteiger partial charge < -0.3 is 9.84 Å². The SMILES string of the molecule is OCCCC1CCCN1Cc1ccc(OC(F)F)c(F)c1. The van der Waals surface area contributed by atoms with Crippen molar-refractivity contribution in [3.8, 4) is 5.75 Å². The van der Waals surface area contributed by atoms with E-state index in [1.807, 2.05) is 0 Å². The van der Waals surface area contributed by atoms with E-state index in [2.05, 4.69) is 9.64 Å². The number of halogens is 3. The highest BCUT2D eigenvalue weighted by molar-refractivity contribution is 5.29. The molecule has 6 heteroatoms. The molecule has 1 aliphatic heterocycles. The number of ether oxygens (including phenoxy) is 1. The summed E-state index contributed by atoms with van der Waals surface area (Å²) in [5.74, 6) is -1.19. The molecule has 1 heterocycles. The van der Waals surface area contributed by atoms with Crippen molar-refractivity contribution in [2.75, 3.05) is 13.2 Å². The molecule has 21 heavy (non-hydrogen) atoms. The largest absolute Gasteiger partial charge is 0.432 e. The van der Waals surface area contributed by atoms with E-state index in [0.29, 0.717) is 12.6 Å². The van der Waals surface area contributed by atoms with E-state index >= 15 is 0 Å². The van der Waals surface area contributed by atoms with E-state index in [4.69, 9.17) is 5.11 Å². The van der Waals surface area contributed by atoms with E-state index < -0.39 is 18.2 Å². The standard InChI is InChI=1S/C15H20F3NO2/c16-13-9-11(5-6-14(13)21-15(17)18)10-19-7-1-3-12(19)4-2-8-20/h5-6,9,12,15,20H,1-4,7-8,10H2. The first-order chi connectivity index (χ1) is 10.1. The summed E-state index contributed by atoms with van der Waals surface area (Å²) < 4.78 is 41.9. The van der Waals surface area contributed by atoms with E-state index in [-0.39, 0.29) is 6.61 Å². The minimum absolute atomic E-state index is 0.179. The van der Waals surface area contributed by atoms with Crippen molar-refractivity contribution in [3.05, 3.63) is 29.6 Å². The molecule has 0 amide bonds. The summed E-state index contributed by atoms with van der Waals surface area (Å²) in [6.45, 7) is -1.32. The minimum Gasteiger partial charge on any atom is -0.432 e. The second-order valence-corrected chi connectivity index (χ2v) is 5.28. The number of likely N-dealkylation sites (tertiary alicyclic amines) is 1. The third-order valence-corrected chi connectivity index (χ3v) is 3.79. The van der Waals surface area contributed by atoms with Gasteiger partial charge in [-0.15, -0.1) is 0 Å². The van der Waals surface area contributed by atoms with Gasteiger partial charge in [0.25, 0.3) is 0 Å². The van der Waals surface area contributed by atoms with Crippen molar-refractivity contribution >= 4 is 0 Å². The average molecular weight is 303 g/mol. The van der Waals surface area contributed by atoms with Crippen molar-refractivity contribution in [3.63, 3.8) is 0 Å². The van der Waals surface area contributed by atoms with Crippen molar-refractivity contribution in [2.24, 2.45) is 0 Å². The quantitative estimate of drug-likeness (QED) is 0.840. The summed E-state index contributed by atoms with van der Waals surface area (Å²) >= 11 is 0. The van der Waals surface area contributed by atoms with Gasteiger partial charge in [-0.3, -0.25) is 4.90 Å². The Kier molecular flexibility index (Phi) is 5.87. The zero-order valence-corrected chi connectivity index (χ0v) is 11.8. The van der Waals surface area contributed by atoms with Crippen molar-refractivity contribution in [1.82, 2.24) is 4.90 Å². The van der Waals surface area contributed by atoms with Crippen LogP contribution in [0.4, 0.5) is 13.2 Å². The van der Waals surface area contributed by atoms with Crippen LogP contribution in [0.25, 0.3) is 0 Å². The molecule has 1 N–H and O–H groups in total. The molecule has 2 rings (SSSR count). The number of hydrogen-bond donors (Lipinski definition) is 1. The molecule has 0 saturated carbocycles. The van der Waals surface area contributed by atoms with Gasteiger partial charge in [-0.05, 0) is 49.9 Å². The lowest BCUT2D eigenvalue weighted by atomic mass is 10.1. The lowest BCUT2D eigenvalue weighted by Crippen LogP contribution is -2.29. The lowest BCUT2D eigenvalue weighted by Gasteiger charge is -2.24. The second-order valence-electron chi connectivity index (χ2n) is 5.28. The fourth-order valence-electron chi connectivity index (χ4n) is 2.83. The first kappa shape index (κ1) is 16.1. The zero-order chi connectivity index (χ0) is 15.2. The predicted octanol–water partition coefficient (Wildman–Crippen LogP) is 3.16. The first-order valence-electron chi connectivity index (χ1n) is 7.18. The van der Waals surface area contributed by atoms with Gasteiger partial charge in [0.15, 0.2) is 11.6 Å². The molecule has 1 aromatic carbocycles. The van der Waals surface area contributed by atoms with Crippen LogP contribution in [0.5, 0.6) is 5.75 Å². The summed E-state index contributed by atoms with van der Waals surface area (Å²) in [4.78, 5) is 2.25. The van der Waals surface area contributed by atoms with Crippen molar-refractivity contribution in [2.45, 2.75) is 44.9 Å². The second kappa shape index (κ2) is 7.66. The predicted molar refractivity (Wildman–Crippen MR) is 72.8 cm³/mol. The maximum atomic E-state index is 13.7. The Balaban J connectivity index is 1.97. The number of alkyl halides is 2. The Hall–Kier alpha value is -1.27.